The van der Waals surface area contributed by atoms with Crippen molar-refractivity contribution in [2.45, 2.75) is 18.6 Å². The van der Waals surface area contributed by atoms with Crippen LogP contribution >= 0.6 is 0 Å². The fourth-order valence-electron chi connectivity index (χ4n) is 3.36. The summed E-state index contributed by atoms with van der Waals surface area (Å²) in [6.07, 6.45) is 2.36. The topological polar surface area (TPSA) is 137 Å². The quantitative estimate of drug-likeness (QED) is 0.621. The predicted octanol–water partition coefficient (Wildman–Crippen LogP) is 1.35. The molecule has 1 fully saturated rings. The SMILES string of the molecule is N#Cc1ccc(N2CC[C@@H](Nc3c(C(N)=O)cnc4[nH]ccc34)[C@@H](F)C2)nn1. The van der Waals surface area contributed by atoms with Gasteiger partial charge < -0.3 is 20.9 Å². The van der Waals surface area contributed by atoms with Crippen LogP contribution in [0.15, 0.2) is 30.6 Å². The number of fused-ring (bicyclic) bond motifs is 1. The second-order valence-corrected chi connectivity index (χ2v) is 6.54. The number of nitrogens with one attached hydrogen (secondary N) is 2. The van der Waals surface area contributed by atoms with Crippen molar-refractivity contribution in [2.24, 2.45) is 5.73 Å². The van der Waals surface area contributed by atoms with Crippen LogP contribution in [0.5, 0.6) is 0 Å². The van der Waals surface area contributed by atoms with Gasteiger partial charge in [-0.15, -0.1) is 10.2 Å². The van der Waals surface area contributed by atoms with Gasteiger partial charge in [-0.2, -0.15) is 5.26 Å². The Morgan fingerprint density at radius 2 is 2.25 bits per heavy atom. The second kappa shape index (κ2) is 7.11. The predicted molar refractivity (Wildman–Crippen MR) is 100 cm³/mol. The number of hydrogen-bond acceptors (Lipinski definition) is 7. The molecule has 1 aliphatic rings. The number of primary amides is 1. The lowest BCUT2D eigenvalue weighted by Crippen LogP contribution is -2.48. The largest absolute Gasteiger partial charge is 0.378 e. The Hall–Kier alpha value is -3.74. The van der Waals surface area contributed by atoms with Gasteiger partial charge in [0.15, 0.2) is 11.5 Å². The van der Waals surface area contributed by atoms with E-state index >= 15 is 0 Å². The number of anilines is 2. The molecule has 0 aromatic carbocycles. The molecule has 9 nitrogen and oxygen atoms in total. The van der Waals surface area contributed by atoms with Gasteiger partial charge in [0.05, 0.1) is 23.8 Å². The van der Waals surface area contributed by atoms with Crippen LogP contribution in [0.2, 0.25) is 0 Å². The minimum atomic E-state index is -1.21. The number of hydrogen-bond donors (Lipinski definition) is 3. The normalized spacial score (nSPS) is 19.4. The van der Waals surface area contributed by atoms with E-state index in [0.717, 1.165) is 0 Å². The van der Waals surface area contributed by atoms with Gasteiger partial charge in [0.25, 0.3) is 5.91 Å². The number of nitriles is 1. The van der Waals surface area contributed by atoms with Crippen LogP contribution in [0, 0.1) is 11.3 Å². The average molecular weight is 380 g/mol. The maximum Gasteiger partial charge on any atom is 0.252 e. The summed E-state index contributed by atoms with van der Waals surface area (Å²) in [6.45, 7) is 0.664. The zero-order valence-electron chi connectivity index (χ0n) is 14.8. The third-order valence-corrected chi connectivity index (χ3v) is 4.81. The van der Waals surface area contributed by atoms with Gasteiger partial charge in [-0.05, 0) is 24.6 Å². The van der Waals surface area contributed by atoms with Crippen molar-refractivity contribution in [3.63, 3.8) is 0 Å². The number of nitrogens with two attached hydrogens (primary N) is 1. The number of aromatic amines is 1. The summed E-state index contributed by atoms with van der Waals surface area (Å²) in [5.41, 5.74) is 6.98. The molecule has 10 heteroatoms. The van der Waals surface area contributed by atoms with Crippen molar-refractivity contribution in [3.05, 3.63) is 41.9 Å². The number of alkyl halides is 1. The number of nitrogens with zero attached hydrogens (tertiary/aromatic N) is 5. The van der Waals surface area contributed by atoms with Crippen LogP contribution in [0.3, 0.4) is 0 Å². The third kappa shape index (κ3) is 3.18. The Bertz CT molecular complexity index is 1060. The molecular formula is C18H17FN8O. The van der Waals surface area contributed by atoms with E-state index in [1.54, 1.807) is 29.3 Å². The van der Waals surface area contributed by atoms with Crippen molar-refractivity contribution in [1.29, 1.82) is 5.26 Å². The van der Waals surface area contributed by atoms with Crippen LogP contribution in [-0.2, 0) is 0 Å². The molecular weight excluding hydrogens is 363 g/mol. The summed E-state index contributed by atoms with van der Waals surface area (Å²) in [7, 11) is 0. The summed E-state index contributed by atoms with van der Waals surface area (Å²) in [4.78, 5) is 20.7. The molecule has 3 aromatic heterocycles. The molecule has 28 heavy (non-hydrogen) atoms. The zero-order chi connectivity index (χ0) is 19.7. The standard InChI is InChI=1S/C18H17FN8O/c19-13-9-27(15-2-1-10(7-20)25-26-15)6-4-14(13)24-16-11-3-5-22-18(11)23-8-12(16)17(21)28/h1-3,5,8,13-14H,4,6,9H2,(H2,21,28)(H2,22,23,24)/t13-,14+/m0/s1. The van der Waals surface area contributed by atoms with Gasteiger partial charge in [0, 0.05) is 24.3 Å². The summed E-state index contributed by atoms with van der Waals surface area (Å²) < 4.78 is 14.9. The minimum Gasteiger partial charge on any atom is -0.378 e. The van der Waals surface area contributed by atoms with Crippen LogP contribution < -0.4 is 16.0 Å². The maximum absolute atomic E-state index is 14.9. The number of H-pyrrole nitrogens is 1. The van der Waals surface area contributed by atoms with Gasteiger partial charge >= 0.3 is 0 Å². The number of pyridine rings is 1. The number of piperidine rings is 1. The van der Waals surface area contributed by atoms with Gasteiger partial charge in [0.2, 0.25) is 0 Å². The molecule has 4 rings (SSSR count). The monoisotopic (exact) mass is 380 g/mol. The van der Waals surface area contributed by atoms with Crippen molar-refractivity contribution in [1.82, 2.24) is 20.2 Å². The molecule has 3 aromatic rings. The Morgan fingerprint density at radius 1 is 1.39 bits per heavy atom. The maximum atomic E-state index is 14.9. The molecule has 0 unspecified atom stereocenters. The van der Waals surface area contributed by atoms with E-state index in [1.807, 2.05) is 6.07 Å². The summed E-state index contributed by atoms with van der Waals surface area (Å²) in [5, 5.41) is 20.4. The highest BCUT2D eigenvalue weighted by Gasteiger charge is 2.31. The van der Waals surface area contributed by atoms with Gasteiger partial charge in [-0.25, -0.2) is 9.37 Å². The third-order valence-electron chi connectivity index (χ3n) is 4.81. The van der Waals surface area contributed by atoms with E-state index in [-0.39, 0.29) is 17.8 Å². The molecule has 1 aliphatic heterocycles. The Balaban J connectivity index is 1.54. The number of carbonyl (C=O) groups excluding carboxylic acids is 1. The molecule has 142 valence electrons. The van der Waals surface area contributed by atoms with E-state index in [2.05, 4.69) is 25.5 Å². The average Bonchev–Trinajstić information content (AvgIpc) is 3.18. The smallest absolute Gasteiger partial charge is 0.252 e. The first-order valence-electron chi connectivity index (χ1n) is 8.72. The van der Waals surface area contributed by atoms with Gasteiger partial charge in [-0.1, -0.05) is 0 Å². The van der Waals surface area contributed by atoms with Crippen LogP contribution in [0.25, 0.3) is 11.0 Å². The summed E-state index contributed by atoms with van der Waals surface area (Å²) in [5.74, 6) is -0.103. The van der Waals surface area contributed by atoms with Crippen molar-refractivity contribution >= 4 is 28.4 Å². The lowest BCUT2D eigenvalue weighted by Gasteiger charge is -2.36. The molecule has 1 amide bonds. The van der Waals surface area contributed by atoms with Crippen molar-refractivity contribution in [3.8, 4) is 6.07 Å². The van der Waals surface area contributed by atoms with Crippen molar-refractivity contribution < 1.29 is 9.18 Å². The highest BCUT2D eigenvalue weighted by Crippen LogP contribution is 2.29. The molecule has 1 saturated heterocycles. The number of aromatic nitrogens is 4. The van der Waals surface area contributed by atoms with Crippen molar-refractivity contribution in [2.75, 3.05) is 23.3 Å². The lowest BCUT2D eigenvalue weighted by molar-refractivity contribution is 0.100. The van der Waals surface area contributed by atoms with Crippen LogP contribution in [-0.4, -0.2) is 51.4 Å². The molecule has 0 spiro atoms. The highest BCUT2D eigenvalue weighted by molar-refractivity contribution is 6.06. The van der Waals surface area contributed by atoms with E-state index in [1.165, 1.54) is 6.20 Å². The first-order chi connectivity index (χ1) is 13.6. The van der Waals surface area contributed by atoms with Crippen LogP contribution in [0.1, 0.15) is 22.5 Å². The fourth-order valence-corrected chi connectivity index (χ4v) is 3.36. The summed E-state index contributed by atoms with van der Waals surface area (Å²) in [6, 6.07) is 6.39. The lowest BCUT2D eigenvalue weighted by atomic mass is 10.0. The second-order valence-electron chi connectivity index (χ2n) is 6.54. The van der Waals surface area contributed by atoms with Gasteiger partial charge in [-0.3, -0.25) is 4.79 Å². The van der Waals surface area contributed by atoms with E-state index in [0.29, 0.717) is 35.5 Å². The molecule has 0 bridgehead atoms. The van der Waals surface area contributed by atoms with E-state index < -0.39 is 18.1 Å². The van der Waals surface area contributed by atoms with Crippen LogP contribution in [0.4, 0.5) is 15.9 Å². The number of carbonyl (C=O) groups is 1. The Morgan fingerprint density at radius 3 is 2.93 bits per heavy atom. The molecule has 0 saturated carbocycles. The van der Waals surface area contributed by atoms with Gasteiger partial charge in [0.1, 0.15) is 17.9 Å². The molecule has 0 aliphatic carbocycles. The first kappa shape index (κ1) is 17.7. The fraction of sp³-hybridized carbons (Fsp3) is 0.278. The highest BCUT2D eigenvalue weighted by atomic mass is 19.1. The Kier molecular flexibility index (Phi) is 4.49. The number of halogens is 1. The molecule has 2 atom stereocenters. The zero-order valence-corrected chi connectivity index (χ0v) is 14.8. The number of rotatable bonds is 4. The molecule has 0 radical (unpaired) electrons. The Labute approximate surface area is 159 Å². The number of amides is 1. The minimum absolute atomic E-state index is 0.117. The van der Waals surface area contributed by atoms with E-state index in [9.17, 15) is 9.18 Å². The molecule has 4 N–H and O–H groups in total. The summed E-state index contributed by atoms with van der Waals surface area (Å²) >= 11 is 0. The van der Waals surface area contributed by atoms with E-state index in [4.69, 9.17) is 11.0 Å². The molecule has 4 heterocycles. The first-order valence-corrected chi connectivity index (χ1v) is 8.72.